The van der Waals surface area contributed by atoms with E-state index in [0.717, 1.165) is 0 Å². The number of nitrogen functional groups attached to an aromatic ring is 1. The third-order valence-electron chi connectivity index (χ3n) is 5.30. The van der Waals surface area contributed by atoms with Gasteiger partial charge in [0.1, 0.15) is 0 Å². The van der Waals surface area contributed by atoms with E-state index in [9.17, 15) is 9.50 Å². The molecule has 3 heterocycles. The van der Waals surface area contributed by atoms with Gasteiger partial charge >= 0.3 is 6.08 Å². The number of halogens is 1. The number of rotatable bonds is 4. The number of fused-ring (bicyclic) bond motifs is 1. The van der Waals surface area contributed by atoms with Gasteiger partial charge in [-0.3, -0.25) is 4.57 Å². The Hall–Kier alpha value is -1.62. The second-order valence-corrected chi connectivity index (χ2v) is 12.9. The number of imidazole rings is 1. The van der Waals surface area contributed by atoms with Crippen molar-refractivity contribution in [1.82, 2.24) is 19.5 Å². The van der Waals surface area contributed by atoms with E-state index in [1.54, 1.807) is 4.57 Å². The van der Waals surface area contributed by atoms with Crippen LogP contribution in [0.4, 0.5) is 10.2 Å². The van der Waals surface area contributed by atoms with E-state index in [2.05, 4.69) is 48.8 Å². The number of anilines is 1. The van der Waals surface area contributed by atoms with Crippen LogP contribution in [0.25, 0.3) is 11.2 Å². The number of nitrogens with two attached hydrogens (primary N) is 1. The Morgan fingerprint density at radius 3 is 2.73 bits per heavy atom. The normalized spacial score (nSPS) is 24.5. The van der Waals surface area contributed by atoms with Crippen LogP contribution in [0.1, 0.15) is 33.4 Å². The molecule has 0 spiro atoms. The zero-order valence-corrected chi connectivity index (χ0v) is 16.7. The highest BCUT2D eigenvalue weighted by atomic mass is 28.4. The molecular weight excluding hydrogens is 357 g/mol. The second-order valence-electron chi connectivity index (χ2n) is 8.19. The van der Waals surface area contributed by atoms with Crippen LogP contribution >= 0.6 is 0 Å². The predicted octanol–water partition coefficient (Wildman–Crippen LogP) is 2.22. The van der Waals surface area contributed by atoms with Gasteiger partial charge in [-0.05, 0) is 18.1 Å². The van der Waals surface area contributed by atoms with Crippen LogP contribution in [0, 0.1) is 6.08 Å². The van der Waals surface area contributed by atoms with E-state index in [1.165, 1.54) is 6.33 Å². The summed E-state index contributed by atoms with van der Waals surface area (Å²) in [4.78, 5) is 11.5. The van der Waals surface area contributed by atoms with Crippen molar-refractivity contribution < 1.29 is 18.7 Å². The van der Waals surface area contributed by atoms with E-state index in [1.807, 2.05) is 0 Å². The van der Waals surface area contributed by atoms with Crippen molar-refractivity contribution in [3.63, 3.8) is 0 Å². The Labute approximate surface area is 152 Å². The van der Waals surface area contributed by atoms with Crippen LogP contribution in [0.15, 0.2) is 6.33 Å². The van der Waals surface area contributed by atoms with Gasteiger partial charge in [0.15, 0.2) is 31.5 Å². The zero-order chi connectivity index (χ0) is 19.3. The fraction of sp³-hybridized carbons (Fsp3) is 0.688. The Morgan fingerprint density at radius 1 is 1.42 bits per heavy atom. The number of nitrogens with zero attached hydrogens (tertiary/aromatic N) is 4. The summed E-state index contributed by atoms with van der Waals surface area (Å²) in [6, 6.07) is 0. The average molecular weight is 384 g/mol. The minimum atomic E-state index is -2.08. The molecule has 3 rings (SSSR count). The van der Waals surface area contributed by atoms with Crippen LogP contribution in [-0.2, 0) is 9.16 Å². The third kappa shape index (κ3) is 3.33. The molecule has 1 fully saturated rings. The molecule has 3 N–H and O–H groups in total. The zero-order valence-electron chi connectivity index (χ0n) is 15.7. The molecule has 8 nitrogen and oxygen atoms in total. The van der Waals surface area contributed by atoms with Gasteiger partial charge in [0.25, 0.3) is 0 Å². The van der Waals surface area contributed by atoms with E-state index in [4.69, 9.17) is 14.9 Å². The summed E-state index contributed by atoms with van der Waals surface area (Å²) < 4.78 is 27.8. The molecule has 0 unspecified atom stereocenters. The highest BCUT2D eigenvalue weighted by molar-refractivity contribution is 6.74. The van der Waals surface area contributed by atoms with Crippen LogP contribution in [0.3, 0.4) is 0 Å². The van der Waals surface area contributed by atoms with Gasteiger partial charge in [0.2, 0.25) is 0 Å². The first-order valence-electron chi connectivity index (χ1n) is 8.63. The highest BCUT2D eigenvalue weighted by Gasteiger charge is 2.45. The van der Waals surface area contributed by atoms with Gasteiger partial charge in [-0.15, -0.1) is 0 Å². The fourth-order valence-electron chi connectivity index (χ4n) is 2.84. The average Bonchev–Trinajstić information content (AvgIpc) is 3.09. The Morgan fingerprint density at radius 2 is 2.12 bits per heavy atom. The van der Waals surface area contributed by atoms with Gasteiger partial charge in [-0.25, -0.2) is 4.98 Å². The lowest BCUT2D eigenvalue weighted by molar-refractivity contribution is -0.0460. The maximum Gasteiger partial charge on any atom is 0.312 e. The van der Waals surface area contributed by atoms with Crippen LogP contribution in [-0.4, -0.2) is 51.8 Å². The standard InChI is InChI=1S/C16H26FN5O3Si/c1-16(2,3)26(4,5)25-10-6-9(7-23)24-14(10)22-8-19-11-12(18)20-15(17)21-13(11)22/h8-10,14,23H,6-7H2,1-5H3,(H2,18,20,21)/t9-,10-,14+/m0/s1. The number of hydrogen-bond donors (Lipinski definition) is 2. The molecule has 0 amide bonds. The number of aliphatic hydroxyl groups excluding tert-OH is 1. The van der Waals surface area contributed by atoms with Gasteiger partial charge in [-0.2, -0.15) is 14.4 Å². The van der Waals surface area contributed by atoms with Crippen molar-refractivity contribution in [3.8, 4) is 0 Å². The predicted molar refractivity (Wildman–Crippen MR) is 97.4 cm³/mol. The van der Waals surface area contributed by atoms with Gasteiger partial charge in [0.05, 0.1) is 25.1 Å². The van der Waals surface area contributed by atoms with Crippen LogP contribution < -0.4 is 5.73 Å². The molecule has 0 aliphatic carbocycles. The SMILES string of the molecule is CC(C)(C)[Si](C)(C)O[C@H]1C[C@@H](CO)O[C@H]1n1cnc2c(N)nc(F)nc21. The lowest BCUT2D eigenvalue weighted by atomic mass is 10.2. The summed E-state index contributed by atoms with van der Waals surface area (Å²) in [5.74, 6) is -0.0233. The molecule has 0 aromatic carbocycles. The first kappa shape index (κ1) is 19.1. The molecule has 2 aromatic rings. The number of hydrogen-bond acceptors (Lipinski definition) is 7. The Kier molecular flexibility index (Phi) is 4.80. The van der Waals surface area contributed by atoms with Gasteiger partial charge in [-0.1, -0.05) is 20.8 Å². The topological polar surface area (TPSA) is 108 Å². The summed E-state index contributed by atoms with van der Waals surface area (Å²) in [7, 11) is -2.08. The monoisotopic (exact) mass is 383 g/mol. The van der Waals surface area contributed by atoms with E-state index in [0.29, 0.717) is 11.9 Å². The van der Waals surface area contributed by atoms with Crippen molar-refractivity contribution in [2.75, 3.05) is 12.3 Å². The summed E-state index contributed by atoms with van der Waals surface area (Å²) in [5, 5.41) is 9.58. The molecule has 0 bridgehead atoms. The van der Waals surface area contributed by atoms with E-state index in [-0.39, 0.29) is 35.3 Å². The molecule has 0 radical (unpaired) electrons. The molecule has 1 aliphatic heterocycles. The van der Waals surface area contributed by atoms with Gasteiger partial charge < -0.3 is 20.0 Å². The van der Waals surface area contributed by atoms with Crippen molar-refractivity contribution in [3.05, 3.63) is 12.4 Å². The molecular formula is C16H26FN5O3Si. The minimum absolute atomic E-state index is 0.0184. The smallest absolute Gasteiger partial charge is 0.312 e. The molecule has 1 aliphatic rings. The summed E-state index contributed by atoms with van der Waals surface area (Å²) in [6.45, 7) is 10.7. The van der Waals surface area contributed by atoms with Crippen LogP contribution in [0.2, 0.25) is 18.1 Å². The Bertz CT molecular complexity index is 807. The van der Waals surface area contributed by atoms with Gasteiger partial charge in [0, 0.05) is 6.42 Å². The molecule has 26 heavy (non-hydrogen) atoms. The van der Waals surface area contributed by atoms with Crippen molar-refractivity contribution in [1.29, 1.82) is 0 Å². The minimum Gasteiger partial charge on any atom is -0.409 e. The first-order chi connectivity index (χ1) is 12.0. The number of ether oxygens (including phenoxy) is 1. The van der Waals surface area contributed by atoms with E-state index >= 15 is 0 Å². The van der Waals surface area contributed by atoms with Crippen molar-refractivity contribution in [2.45, 2.75) is 63.8 Å². The number of aliphatic hydroxyl groups is 1. The summed E-state index contributed by atoms with van der Waals surface area (Å²) in [6.07, 6.45) is -0.117. The fourth-order valence-corrected chi connectivity index (χ4v) is 4.16. The van der Waals surface area contributed by atoms with Crippen molar-refractivity contribution >= 4 is 25.3 Å². The second kappa shape index (κ2) is 6.52. The molecule has 10 heteroatoms. The van der Waals surface area contributed by atoms with Crippen LogP contribution in [0.5, 0.6) is 0 Å². The number of aromatic nitrogens is 4. The van der Waals surface area contributed by atoms with Crippen molar-refractivity contribution in [2.24, 2.45) is 0 Å². The molecule has 144 valence electrons. The lowest BCUT2D eigenvalue weighted by Crippen LogP contribution is -2.45. The maximum absolute atomic E-state index is 13.7. The van der Waals surface area contributed by atoms with E-state index < -0.39 is 20.6 Å². The summed E-state index contributed by atoms with van der Waals surface area (Å²) in [5.41, 5.74) is 6.31. The lowest BCUT2D eigenvalue weighted by Gasteiger charge is -2.39. The summed E-state index contributed by atoms with van der Waals surface area (Å²) >= 11 is 0. The third-order valence-corrected chi connectivity index (χ3v) is 9.80. The largest absolute Gasteiger partial charge is 0.409 e. The molecule has 0 saturated carbocycles. The molecule has 2 aromatic heterocycles. The Balaban J connectivity index is 1.99. The molecule has 3 atom stereocenters. The molecule has 1 saturated heterocycles. The quantitative estimate of drug-likeness (QED) is 0.615. The maximum atomic E-state index is 13.7. The first-order valence-corrected chi connectivity index (χ1v) is 11.5. The highest BCUT2D eigenvalue weighted by Crippen LogP contribution is 2.42.